The molecule has 5 heteroatoms. The second-order valence-electron chi connectivity index (χ2n) is 5.57. The maximum Gasteiger partial charge on any atom is 0.246 e. The molecular formula is C13H20N2O3. The van der Waals surface area contributed by atoms with Gasteiger partial charge < -0.3 is 14.5 Å². The molecule has 3 saturated heterocycles. The van der Waals surface area contributed by atoms with Gasteiger partial charge in [0.1, 0.15) is 12.6 Å². The highest BCUT2D eigenvalue weighted by Gasteiger charge is 2.44. The molecule has 0 aromatic carbocycles. The minimum Gasteiger partial charge on any atom is -0.378 e. The lowest BCUT2D eigenvalue weighted by Crippen LogP contribution is -2.61. The number of hydrogen-bond donors (Lipinski definition) is 0. The minimum absolute atomic E-state index is 0.122. The van der Waals surface area contributed by atoms with Gasteiger partial charge in [-0.05, 0) is 32.6 Å². The van der Waals surface area contributed by atoms with Crippen molar-refractivity contribution in [3.63, 3.8) is 0 Å². The van der Waals surface area contributed by atoms with Crippen LogP contribution in [0.15, 0.2) is 0 Å². The number of carbonyl (C=O) groups excluding carboxylic acids is 2. The van der Waals surface area contributed by atoms with Crippen molar-refractivity contribution in [3.05, 3.63) is 0 Å². The highest BCUT2D eigenvalue weighted by Crippen LogP contribution is 2.28. The van der Waals surface area contributed by atoms with Crippen molar-refractivity contribution >= 4 is 11.8 Å². The van der Waals surface area contributed by atoms with E-state index in [1.165, 1.54) is 0 Å². The van der Waals surface area contributed by atoms with E-state index in [1.807, 2.05) is 11.8 Å². The van der Waals surface area contributed by atoms with Gasteiger partial charge in [0.2, 0.25) is 11.8 Å². The zero-order valence-electron chi connectivity index (χ0n) is 10.8. The molecule has 0 radical (unpaired) electrons. The molecule has 0 N–H and O–H groups in total. The fraction of sp³-hybridized carbons (Fsp3) is 0.846. The number of carbonyl (C=O) groups is 2. The summed E-state index contributed by atoms with van der Waals surface area (Å²) in [6.07, 6.45) is 3.69. The number of ether oxygens (including phenoxy) is 1. The first kappa shape index (κ1) is 12.0. The van der Waals surface area contributed by atoms with E-state index in [1.54, 1.807) is 4.90 Å². The Bertz CT molecular complexity index is 371. The summed E-state index contributed by atoms with van der Waals surface area (Å²) < 4.78 is 5.51. The van der Waals surface area contributed by atoms with Crippen molar-refractivity contribution < 1.29 is 14.3 Å². The van der Waals surface area contributed by atoms with Crippen molar-refractivity contribution in [2.45, 2.75) is 50.8 Å². The summed E-state index contributed by atoms with van der Waals surface area (Å²) >= 11 is 0. The van der Waals surface area contributed by atoms with Crippen LogP contribution < -0.4 is 0 Å². The number of hydrogen-bond acceptors (Lipinski definition) is 3. The molecule has 0 aliphatic carbocycles. The zero-order chi connectivity index (χ0) is 12.7. The third kappa shape index (κ3) is 1.90. The summed E-state index contributed by atoms with van der Waals surface area (Å²) in [4.78, 5) is 28.1. The van der Waals surface area contributed by atoms with Gasteiger partial charge in [0.15, 0.2) is 0 Å². The second kappa shape index (κ2) is 4.53. The van der Waals surface area contributed by atoms with Crippen molar-refractivity contribution in [2.75, 3.05) is 19.7 Å². The third-order valence-electron chi connectivity index (χ3n) is 4.35. The van der Waals surface area contributed by atoms with Gasteiger partial charge in [-0.2, -0.15) is 0 Å². The molecule has 3 rings (SSSR count). The van der Waals surface area contributed by atoms with Crippen LogP contribution in [0.5, 0.6) is 0 Å². The van der Waals surface area contributed by atoms with E-state index in [0.717, 1.165) is 32.2 Å². The van der Waals surface area contributed by atoms with Crippen LogP contribution in [0.4, 0.5) is 0 Å². The third-order valence-corrected chi connectivity index (χ3v) is 4.35. The summed E-state index contributed by atoms with van der Waals surface area (Å²) in [6, 6.07) is 0.0114. The van der Waals surface area contributed by atoms with Gasteiger partial charge in [0.05, 0.1) is 6.10 Å². The van der Waals surface area contributed by atoms with E-state index in [9.17, 15) is 9.59 Å². The van der Waals surface area contributed by atoms with Crippen LogP contribution in [0, 0.1) is 0 Å². The lowest BCUT2D eigenvalue weighted by Gasteiger charge is -2.42. The summed E-state index contributed by atoms with van der Waals surface area (Å²) in [7, 11) is 0. The number of piperazine rings is 1. The molecule has 2 amide bonds. The Morgan fingerprint density at radius 2 is 2.06 bits per heavy atom. The lowest BCUT2D eigenvalue weighted by molar-refractivity contribution is -0.158. The van der Waals surface area contributed by atoms with Crippen molar-refractivity contribution in [2.24, 2.45) is 0 Å². The van der Waals surface area contributed by atoms with Gasteiger partial charge in [-0.3, -0.25) is 9.59 Å². The van der Waals surface area contributed by atoms with E-state index >= 15 is 0 Å². The molecule has 18 heavy (non-hydrogen) atoms. The molecule has 0 saturated carbocycles. The Labute approximate surface area is 107 Å². The van der Waals surface area contributed by atoms with E-state index < -0.39 is 0 Å². The highest BCUT2D eigenvalue weighted by atomic mass is 16.5. The largest absolute Gasteiger partial charge is 0.378 e. The molecule has 3 heterocycles. The van der Waals surface area contributed by atoms with Gasteiger partial charge in [0.25, 0.3) is 0 Å². The summed E-state index contributed by atoms with van der Waals surface area (Å²) in [6.45, 7) is 3.75. The number of nitrogens with zero attached hydrogens (tertiary/aromatic N) is 2. The smallest absolute Gasteiger partial charge is 0.246 e. The SMILES string of the molecule is CC1CC(N2CC(=O)N3CCCC3C2=O)CCO1. The molecule has 3 aliphatic heterocycles. The quantitative estimate of drug-likeness (QED) is 0.678. The van der Waals surface area contributed by atoms with Crippen molar-refractivity contribution in [3.8, 4) is 0 Å². The average Bonchev–Trinajstić information content (AvgIpc) is 2.83. The van der Waals surface area contributed by atoms with Crippen molar-refractivity contribution in [1.29, 1.82) is 0 Å². The molecule has 3 fully saturated rings. The molecule has 3 aliphatic rings. The number of rotatable bonds is 1. The maximum absolute atomic E-state index is 12.4. The molecule has 100 valence electrons. The van der Waals surface area contributed by atoms with Gasteiger partial charge >= 0.3 is 0 Å². The Kier molecular flexibility index (Phi) is 3.01. The summed E-state index contributed by atoms with van der Waals surface area (Å²) in [5, 5.41) is 0. The topological polar surface area (TPSA) is 49.9 Å². The van der Waals surface area contributed by atoms with Crippen LogP contribution in [-0.2, 0) is 14.3 Å². The first-order valence-electron chi connectivity index (χ1n) is 6.88. The molecule has 0 aromatic heterocycles. The Morgan fingerprint density at radius 3 is 2.83 bits per heavy atom. The van der Waals surface area contributed by atoms with Crippen LogP contribution in [0.25, 0.3) is 0 Å². The molecular weight excluding hydrogens is 232 g/mol. The first-order chi connectivity index (χ1) is 8.66. The van der Waals surface area contributed by atoms with Crippen molar-refractivity contribution in [1.82, 2.24) is 9.80 Å². The van der Waals surface area contributed by atoms with Gasteiger partial charge in [0, 0.05) is 19.2 Å². The van der Waals surface area contributed by atoms with Crippen LogP contribution in [0.2, 0.25) is 0 Å². The fourth-order valence-corrected chi connectivity index (χ4v) is 3.39. The van der Waals surface area contributed by atoms with E-state index in [-0.39, 0.29) is 36.5 Å². The Balaban J connectivity index is 1.76. The molecule has 3 atom stereocenters. The monoisotopic (exact) mass is 252 g/mol. The van der Waals surface area contributed by atoms with Crippen LogP contribution in [-0.4, -0.2) is 59.5 Å². The predicted molar refractivity (Wildman–Crippen MR) is 64.9 cm³/mol. The average molecular weight is 252 g/mol. The Hall–Kier alpha value is -1.10. The summed E-state index contributed by atoms with van der Waals surface area (Å²) in [5.41, 5.74) is 0. The normalized spacial score (nSPS) is 37.1. The number of amides is 2. The lowest BCUT2D eigenvalue weighted by atomic mass is 9.99. The van der Waals surface area contributed by atoms with E-state index in [4.69, 9.17) is 4.74 Å². The number of fused-ring (bicyclic) bond motifs is 1. The zero-order valence-corrected chi connectivity index (χ0v) is 10.8. The second-order valence-corrected chi connectivity index (χ2v) is 5.57. The molecule has 0 spiro atoms. The molecule has 0 bridgehead atoms. The Morgan fingerprint density at radius 1 is 1.22 bits per heavy atom. The highest BCUT2D eigenvalue weighted by molar-refractivity contribution is 5.95. The van der Waals surface area contributed by atoms with Crippen LogP contribution in [0.1, 0.15) is 32.6 Å². The molecule has 3 unspecified atom stereocenters. The van der Waals surface area contributed by atoms with Gasteiger partial charge in [-0.1, -0.05) is 0 Å². The summed E-state index contributed by atoms with van der Waals surface area (Å²) in [5.74, 6) is 0.280. The standard InChI is InChI=1S/C13H20N2O3/c1-9-7-10(4-6-18-9)15-8-12(16)14-5-2-3-11(14)13(15)17/h9-11H,2-8H2,1H3. The van der Waals surface area contributed by atoms with Gasteiger partial charge in [-0.15, -0.1) is 0 Å². The maximum atomic E-state index is 12.4. The van der Waals surface area contributed by atoms with Crippen LogP contribution >= 0.6 is 0 Å². The predicted octanol–water partition coefficient (Wildman–Crippen LogP) is 0.387. The van der Waals surface area contributed by atoms with E-state index in [0.29, 0.717) is 6.61 Å². The first-order valence-corrected chi connectivity index (χ1v) is 6.88. The minimum atomic E-state index is -0.176. The van der Waals surface area contributed by atoms with E-state index in [2.05, 4.69) is 0 Å². The van der Waals surface area contributed by atoms with Gasteiger partial charge in [-0.25, -0.2) is 0 Å². The fourth-order valence-electron chi connectivity index (χ4n) is 3.39. The van der Waals surface area contributed by atoms with Crippen LogP contribution in [0.3, 0.4) is 0 Å². The molecule has 0 aromatic rings. The molecule has 5 nitrogen and oxygen atoms in total.